The Kier molecular flexibility index (Phi) is 4.65. The van der Waals surface area contributed by atoms with Gasteiger partial charge in [0.05, 0.1) is 31.5 Å². The number of hydrogen-bond donors (Lipinski definition) is 1. The quantitative estimate of drug-likeness (QED) is 0.786. The van der Waals surface area contributed by atoms with E-state index in [2.05, 4.69) is 0 Å². The molecule has 21 heavy (non-hydrogen) atoms. The maximum atomic E-state index is 12.4. The van der Waals surface area contributed by atoms with Crippen molar-refractivity contribution in [3.05, 3.63) is 11.1 Å². The van der Waals surface area contributed by atoms with Crippen LogP contribution in [-0.4, -0.2) is 42.9 Å². The van der Waals surface area contributed by atoms with E-state index in [1.807, 2.05) is 6.08 Å². The molecule has 3 aliphatic rings. The van der Waals surface area contributed by atoms with Gasteiger partial charge in [-0.1, -0.05) is 17.7 Å². The third kappa shape index (κ3) is 3.16. The summed E-state index contributed by atoms with van der Waals surface area (Å²) >= 11 is 6.03. The average molecular weight is 312 g/mol. The Hall–Kier alpha value is -0.870. The SMILES string of the molecule is O=C1[C@H]2CC(Cl)=CC[C@H]2C(=O)N1CCC[NH+]1CCCCC1. The molecule has 0 radical (unpaired) electrons. The minimum atomic E-state index is -0.197. The molecule has 0 bridgehead atoms. The number of nitrogens with zero attached hydrogens (tertiary/aromatic N) is 1. The van der Waals surface area contributed by atoms with Gasteiger partial charge in [0.2, 0.25) is 11.8 Å². The fourth-order valence-electron chi connectivity index (χ4n) is 3.91. The standard InChI is InChI=1S/C16H23ClN2O2/c17-12-5-6-13-14(11-12)16(21)19(15(13)20)10-4-9-18-7-2-1-3-8-18/h5,13-14H,1-4,6-11H2/p+1/t13-,14+/m1/s1. The molecule has 0 saturated carbocycles. The summed E-state index contributed by atoms with van der Waals surface area (Å²) in [6, 6.07) is 0. The number of rotatable bonds is 4. The van der Waals surface area contributed by atoms with Crippen LogP contribution in [-0.2, 0) is 9.59 Å². The molecule has 0 unspecified atom stereocenters. The first-order valence-electron chi connectivity index (χ1n) is 8.20. The van der Waals surface area contributed by atoms with E-state index >= 15 is 0 Å². The number of halogens is 1. The van der Waals surface area contributed by atoms with Crippen LogP contribution in [0.15, 0.2) is 11.1 Å². The summed E-state index contributed by atoms with van der Waals surface area (Å²) in [4.78, 5) is 27.9. The van der Waals surface area contributed by atoms with Gasteiger partial charge in [-0.05, 0) is 32.1 Å². The lowest BCUT2D eigenvalue weighted by Gasteiger charge is -2.24. The molecular formula is C16H24ClN2O2+. The molecule has 5 heteroatoms. The molecule has 0 aromatic carbocycles. The molecule has 0 aromatic heterocycles. The highest BCUT2D eigenvalue weighted by atomic mass is 35.5. The molecule has 1 N–H and O–H groups in total. The molecule has 4 nitrogen and oxygen atoms in total. The minimum absolute atomic E-state index is 0.00453. The molecule has 0 aromatic rings. The lowest BCUT2D eigenvalue weighted by molar-refractivity contribution is -0.905. The lowest BCUT2D eigenvalue weighted by Crippen LogP contribution is -3.12. The third-order valence-electron chi connectivity index (χ3n) is 5.13. The van der Waals surface area contributed by atoms with Crippen molar-refractivity contribution < 1.29 is 14.5 Å². The zero-order chi connectivity index (χ0) is 14.8. The van der Waals surface area contributed by atoms with E-state index in [0.717, 1.165) is 18.0 Å². The first-order valence-corrected chi connectivity index (χ1v) is 8.58. The van der Waals surface area contributed by atoms with Gasteiger partial charge in [-0.2, -0.15) is 0 Å². The Balaban J connectivity index is 1.52. The number of carbonyl (C=O) groups excluding carboxylic acids is 2. The van der Waals surface area contributed by atoms with E-state index in [-0.39, 0.29) is 23.7 Å². The fourth-order valence-corrected chi connectivity index (χ4v) is 4.16. The molecule has 116 valence electrons. The molecule has 1 aliphatic carbocycles. The van der Waals surface area contributed by atoms with Gasteiger partial charge in [-0.15, -0.1) is 0 Å². The smallest absolute Gasteiger partial charge is 0.233 e. The van der Waals surface area contributed by atoms with Gasteiger partial charge >= 0.3 is 0 Å². The molecule has 3 rings (SSSR count). The number of likely N-dealkylation sites (tertiary alicyclic amines) is 2. The molecule has 2 saturated heterocycles. The van der Waals surface area contributed by atoms with Crippen LogP contribution in [0.5, 0.6) is 0 Å². The number of fused-ring (bicyclic) bond motifs is 1. The molecule has 2 atom stereocenters. The largest absolute Gasteiger partial charge is 0.335 e. The van der Waals surface area contributed by atoms with Crippen molar-refractivity contribution in [2.75, 3.05) is 26.2 Å². The van der Waals surface area contributed by atoms with Crippen LogP contribution >= 0.6 is 11.6 Å². The number of allylic oxidation sites excluding steroid dienone is 2. The van der Waals surface area contributed by atoms with Gasteiger partial charge in [0, 0.05) is 18.0 Å². The topological polar surface area (TPSA) is 41.8 Å². The first-order chi connectivity index (χ1) is 10.2. The van der Waals surface area contributed by atoms with Gasteiger partial charge in [0.25, 0.3) is 0 Å². The second-order valence-corrected chi connectivity index (χ2v) is 7.03. The Labute approximate surface area is 131 Å². The number of nitrogens with one attached hydrogen (secondary N) is 1. The fraction of sp³-hybridized carbons (Fsp3) is 0.750. The van der Waals surface area contributed by atoms with Crippen LogP contribution in [0.2, 0.25) is 0 Å². The van der Waals surface area contributed by atoms with E-state index in [1.54, 1.807) is 4.90 Å². The summed E-state index contributed by atoms with van der Waals surface area (Å²) in [7, 11) is 0. The van der Waals surface area contributed by atoms with E-state index in [4.69, 9.17) is 11.6 Å². The Morgan fingerprint density at radius 2 is 1.86 bits per heavy atom. The second kappa shape index (κ2) is 6.49. The molecule has 0 spiro atoms. The van der Waals surface area contributed by atoms with Gasteiger partial charge < -0.3 is 4.90 Å². The maximum Gasteiger partial charge on any atom is 0.233 e. The van der Waals surface area contributed by atoms with Gasteiger partial charge in [-0.25, -0.2) is 0 Å². The normalized spacial score (nSPS) is 30.5. The Morgan fingerprint density at radius 1 is 1.14 bits per heavy atom. The highest BCUT2D eigenvalue weighted by Crippen LogP contribution is 2.38. The summed E-state index contributed by atoms with van der Waals surface area (Å²) < 4.78 is 0. The molecular weight excluding hydrogens is 288 g/mol. The van der Waals surface area contributed by atoms with Gasteiger partial charge in [0.15, 0.2) is 0 Å². The van der Waals surface area contributed by atoms with Crippen molar-refractivity contribution in [3.63, 3.8) is 0 Å². The zero-order valence-electron chi connectivity index (χ0n) is 12.4. The van der Waals surface area contributed by atoms with Crippen molar-refractivity contribution in [1.82, 2.24) is 4.90 Å². The summed E-state index contributed by atoms with van der Waals surface area (Å²) in [6.45, 7) is 4.15. The van der Waals surface area contributed by atoms with E-state index in [9.17, 15) is 9.59 Å². The van der Waals surface area contributed by atoms with Crippen molar-refractivity contribution >= 4 is 23.4 Å². The number of piperidine rings is 1. The summed E-state index contributed by atoms with van der Waals surface area (Å²) in [5.74, 6) is -0.316. The average Bonchev–Trinajstić information content (AvgIpc) is 2.73. The number of quaternary nitrogens is 1. The number of hydrogen-bond acceptors (Lipinski definition) is 2. The summed E-state index contributed by atoms with van der Waals surface area (Å²) in [5.41, 5.74) is 0. The van der Waals surface area contributed by atoms with E-state index in [1.165, 1.54) is 37.3 Å². The highest BCUT2D eigenvalue weighted by Gasteiger charge is 2.47. The highest BCUT2D eigenvalue weighted by molar-refractivity contribution is 6.30. The van der Waals surface area contributed by atoms with E-state index < -0.39 is 0 Å². The monoisotopic (exact) mass is 311 g/mol. The summed E-state index contributed by atoms with van der Waals surface area (Å²) in [5, 5.41) is 0.733. The van der Waals surface area contributed by atoms with Gasteiger partial charge in [-0.3, -0.25) is 14.5 Å². The molecule has 2 fully saturated rings. The zero-order valence-corrected chi connectivity index (χ0v) is 13.2. The van der Waals surface area contributed by atoms with Crippen LogP contribution in [0.4, 0.5) is 0 Å². The van der Waals surface area contributed by atoms with Crippen molar-refractivity contribution in [2.24, 2.45) is 11.8 Å². The molecule has 2 amide bonds. The molecule has 2 aliphatic heterocycles. The Bertz CT molecular complexity index is 457. The lowest BCUT2D eigenvalue weighted by atomic mass is 9.85. The Morgan fingerprint density at radius 3 is 2.62 bits per heavy atom. The third-order valence-corrected chi connectivity index (χ3v) is 5.44. The second-order valence-electron chi connectivity index (χ2n) is 6.55. The molecule has 2 heterocycles. The van der Waals surface area contributed by atoms with Crippen molar-refractivity contribution in [2.45, 2.75) is 38.5 Å². The van der Waals surface area contributed by atoms with Crippen LogP contribution in [0.25, 0.3) is 0 Å². The first kappa shape index (κ1) is 15.0. The van der Waals surface area contributed by atoms with Crippen LogP contribution in [0.3, 0.4) is 0 Å². The predicted molar refractivity (Wildman–Crippen MR) is 80.9 cm³/mol. The van der Waals surface area contributed by atoms with Crippen molar-refractivity contribution in [3.8, 4) is 0 Å². The van der Waals surface area contributed by atoms with E-state index in [0.29, 0.717) is 19.4 Å². The number of amides is 2. The van der Waals surface area contributed by atoms with Crippen LogP contribution in [0, 0.1) is 11.8 Å². The number of carbonyl (C=O) groups is 2. The van der Waals surface area contributed by atoms with Gasteiger partial charge in [0.1, 0.15) is 0 Å². The predicted octanol–water partition coefficient (Wildman–Crippen LogP) is 0.963. The van der Waals surface area contributed by atoms with Crippen LogP contribution in [0.1, 0.15) is 38.5 Å². The minimum Gasteiger partial charge on any atom is -0.335 e. The summed E-state index contributed by atoms with van der Waals surface area (Å²) in [6.07, 6.45) is 7.97. The number of imide groups is 1. The van der Waals surface area contributed by atoms with Crippen LogP contribution < -0.4 is 4.90 Å². The van der Waals surface area contributed by atoms with Crippen molar-refractivity contribution in [1.29, 1.82) is 0 Å². The maximum absolute atomic E-state index is 12.4.